The molecule has 7 heteroatoms. The average molecular weight is 316 g/mol. The van der Waals surface area contributed by atoms with Gasteiger partial charge in [-0.15, -0.1) is 0 Å². The van der Waals surface area contributed by atoms with E-state index in [-0.39, 0.29) is 12.7 Å². The third-order valence-corrected chi connectivity index (χ3v) is 3.65. The predicted molar refractivity (Wildman–Crippen MR) is 81.0 cm³/mol. The number of amides is 1. The first-order valence-electron chi connectivity index (χ1n) is 6.55. The van der Waals surface area contributed by atoms with E-state index in [0.29, 0.717) is 22.1 Å². The molecule has 1 aliphatic rings. The highest BCUT2D eigenvalue weighted by Crippen LogP contribution is 2.39. The van der Waals surface area contributed by atoms with E-state index in [2.05, 4.69) is 10.4 Å². The molecular weight excluding hydrogens is 306 g/mol. The number of ether oxygens (including phenoxy) is 2. The van der Waals surface area contributed by atoms with Crippen LogP contribution >= 0.6 is 11.6 Å². The molecule has 1 aromatic heterocycles. The van der Waals surface area contributed by atoms with Gasteiger partial charge in [0.25, 0.3) is 5.91 Å². The Balaban J connectivity index is 1.66. The quantitative estimate of drug-likeness (QED) is 0.789. The molecule has 3 aromatic rings. The molecule has 0 bridgehead atoms. The molecule has 0 saturated heterocycles. The highest BCUT2D eigenvalue weighted by molar-refractivity contribution is 6.32. The summed E-state index contributed by atoms with van der Waals surface area (Å²) in [4.78, 5) is 16.6. The number of halogens is 1. The van der Waals surface area contributed by atoms with Crippen molar-refractivity contribution in [3.8, 4) is 11.5 Å². The van der Waals surface area contributed by atoms with Crippen molar-refractivity contribution in [1.82, 2.24) is 9.66 Å². The fourth-order valence-corrected chi connectivity index (χ4v) is 2.59. The van der Waals surface area contributed by atoms with Crippen molar-refractivity contribution in [2.75, 3.05) is 12.2 Å². The van der Waals surface area contributed by atoms with E-state index < -0.39 is 0 Å². The monoisotopic (exact) mass is 315 g/mol. The molecule has 2 aromatic carbocycles. The molecule has 1 aliphatic heterocycles. The van der Waals surface area contributed by atoms with Crippen LogP contribution in [0.3, 0.4) is 0 Å². The van der Waals surface area contributed by atoms with Gasteiger partial charge in [-0.3, -0.25) is 10.2 Å². The smallest absolute Gasteiger partial charge is 0.270 e. The van der Waals surface area contributed by atoms with E-state index in [0.717, 1.165) is 11.0 Å². The van der Waals surface area contributed by atoms with Crippen LogP contribution in [0.4, 0.5) is 0 Å². The van der Waals surface area contributed by atoms with Gasteiger partial charge in [-0.1, -0.05) is 23.7 Å². The van der Waals surface area contributed by atoms with Crippen LogP contribution in [-0.4, -0.2) is 22.4 Å². The lowest BCUT2D eigenvalue weighted by atomic mass is 10.2. The van der Waals surface area contributed by atoms with Gasteiger partial charge in [0.2, 0.25) is 6.79 Å². The van der Waals surface area contributed by atoms with Crippen LogP contribution in [0.2, 0.25) is 5.02 Å². The van der Waals surface area contributed by atoms with Crippen LogP contribution in [0, 0.1) is 0 Å². The lowest BCUT2D eigenvalue weighted by molar-refractivity contribution is 0.101. The number of imidazole rings is 1. The number of para-hydroxylation sites is 2. The molecule has 0 radical (unpaired) electrons. The van der Waals surface area contributed by atoms with Crippen LogP contribution in [0.25, 0.3) is 11.0 Å². The van der Waals surface area contributed by atoms with E-state index in [1.165, 1.54) is 0 Å². The molecule has 0 aliphatic carbocycles. The number of benzene rings is 2. The van der Waals surface area contributed by atoms with Crippen LogP contribution in [0.5, 0.6) is 11.5 Å². The highest BCUT2D eigenvalue weighted by atomic mass is 35.5. The summed E-state index contributed by atoms with van der Waals surface area (Å²) < 4.78 is 12.1. The van der Waals surface area contributed by atoms with Crippen molar-refractivity contribution in [1.29, 1.82) is 0 Å². The predicted octanol–water partition coefficient (Wildman–Crippen LogP) is 2.80. The first kappa shape index (κ1) is 13.0. The van der Waals surface area contributed by atoms with Gasteiger partial charge in [0, 0.05) is 5.56 Å². The minimum absolute atomic E-state index is 0.103. The second-order valence-electron chi connectivity index (χ2n) is 4.74. The zero-order valence-corrected chi connectivity index (χ0v) is 12.0. The second kappa shape index (κ2) is 4.92. The van der Waals surface area contributed by atoms with Crippen molar-refractivity contribution in [3.05, 3.63) is 53.3 Å². The number of hydrogen-bond donors (Lipinski definition) is 1. The molecule has 0 atom stereocenters. The number of rotatable bonds is 2. The number of nitrogens with one attached hydrogen (secondary N) is 1. The van der Waals surface area contributed by atoms with Gasteiger partial charge in [0.15, 0.2) is 11.5 Å². The average Bonchev–Trinajstić information content (AvgIpc) is 3.15. The molecule has 110 valence electrons. The summed E-state index contributed by atoms with van der Waals surface area (Å²) in [6.45, 7) is 0.103. The van der Waals surface area contributed by atoms with Crippen LogP contribution in [0.1, 0.15) is 10.4 Å². The van der Waals surface area contributed by atoms with Gasteiger partial charge < -0.3 is 9.47 Å². The van der Waals surface area contributed by atoms with Crippen LogP contribution in [-0.2, 0) is 0 Å². The fraction of sp³-hybridized carbons (Fsp3) is 0.0667. The first-order chi connectivity index (χ1) is 10.7. The largest absolute Gasteiger partial charge is 0.454 e. The summed E-state index contributed by atoms with van der Waals surface area (Å²) in [6, 6.07) is 10.7. The molecule has 4 rings (SSSR count). The number of hydrogen-bond acceptors (Lipinski definition) is 4. The van der Waals surface area contributed by atoms with Crippen molar-refractivity contribution < 1.29 is 14.3 Å². The lowest BCUT2D eigenvalue weighted by Gasteiger charge is -2.08. The second-order valence-corrected chi connectivity index (χ2v) is 5.14. The Bertz CT molecular complexity index is 891. The molecule has 0 spiro atoms. The zero-order chi connectivity index (χ0) is 15.1. The van der Waals surface area contributed by atoms with Crippen LogP contribution < -0.4 is 14.9 Å². The highest BCUT2D eigenvalue weighted by Gasteiger charge is 2.21. The molecule has 0 fully saturated rings. The summed E-state index contributed by atoms with van der Waals surface area (Å²) in [7, 11) is 0. The van der Waals surface area contributed by atoms with E-state index in [1.807, 2.05) is 24.3 Å². The fourth-order valence-electron chi connectivity index (χ4n) is 2.32. The SMILES string of the molecule is O=C(Nn1cnc2ccccc21)c1cc(Cl)c2c(c1)OCO2. The molecule has 2 heterocycles. The third-order valence-electron chi connectivity index (χ3n) is 3.36. The maximum absolute atomic E-state index is 12.4. The van der Waals surface area contributed by atoms with Crippen LogP contribution in [0.15, 0.2) is 42.7 Å². The number of carbonyl (C=O) groups is 1. The Morgan fingerprint density at radius 3 is 3.05 bits per heavy atom. The van der Waals surface area contributed by atoms with Crippen molar-refractivity contribution >= 4 is 28.5 Å². The topological polar surface area (TPSA) is 65.4 Å². The molecule has 22 heavy (non-hydrogen) atoms. The molecule has 0 saturated carbocycles. The van der Waals surface area contributed by atoms with Gasteiger partial charge in [-0.25, -0.2) is 9.66 Å². The maximum Gasteiger partial charge on any atom is 0.270 e. The summed E-state index contributed by atoms with van der Waals surface area (Å²) in [5.74, 6) is 0.614. The number of carbonyl (C=O) groups excluding carboxylic acids is 1. The van der Waals surface area contributed by atoms with Gasteiger partial charge >= 0.3 is 0 Å². The lowest BCUT2D eigenvalue weighted by Crippen LogP contribution is -2.22. The normalized spacial score (nSPS) is 12.6. The number of nitrogens with zero attached hydrogens (tertiary/aromatic N) is 2. The zero-order valence-electron chi connectivity index (χ0n) is 11.2. The Morgan fingerprint density at radius 1 is 1.27 bits per heavy atom. The Kier molecular flexibility index (Phi) is 2.90. The van der Waals surface area contributed by atoms with E-state index in [9.17, 15) is 4.79 Å². The van der Waals surface area contributed by atoms with E-state index in [4.69, 9.17) is 21.1 Å². The van der Waals surface area contributed by atoms with Gasteiger partial charge in [0.1, 0.15) is 6.33 Å². The number of fused-ring (bicyclic) bond motifs is 2. The minimum atomic E-state index is -0.316. The molecule has 0 unspecified atom stereocenters. The molecule has 6 nitrogen and oxygen atoms in total. The Labute approximate surface area is 130 Å². The molecule has 1 amide bonds. The van der Waals surface area contributed by atoms with Gasteiger partial charge in [-0.2, -0.15) is 0 Å². The number of aromatic nitrogens is 2. The van der Waals surface area contributed by atoms with Crippen molar-refractivity contribution in [2.45, 2.75) is 0 Å². The van der Waals surface area contributed by atoms with Gasteiger partial charge in [-0.05, 0) is 24.3 Å². The maximum atomic E-state index is 12.4. The summed E-state index contributed by atoms with van der Waals surface area (Å²) in [5.41, 5.74) is 4.75. The first-order valence-corrected chi connectivity index (χ1v) is 6.93. The van der Waals surface area contributed by atoms with Crippen molar-refractivity contribution in [3.63, 3.8) is 0 Å². The molecular formula is C15H10ClN3O3. The van der Waals surface area contributed by atoms with E-state index in [1.54, 1.807) is 23.1 Å². The van der Waals surface area contributed by atoms with Crippen molar-refractivity contribution in [2.24, 2.45) is 0 Å². The third kappa shape index (κ3) is 2.05. The summed E-state index contributed by atoms with van der Waals surface area (Å²) >= 11 is 6.09. The summed E-state index contributed by atoms with van der Waals surface area (Å²) in [5, 5.41) is 0.343. The van der Waals surface area contributed by atoms with E-state index >= 15 is 0 Å². The Morgan fingerprint density at radius 2 is 2.14 bits per heavy atom. The summed E-state index contributed by atoms with van der Waals surface area (Å²) in [6.07, 6.45) is 1.55. The minimum Gasteiger partial charge on any atom is -0.454 e. The Hall–Kier alpha value is -2.73. The molecule has 1 N–H and O–H groups in total. The standard InChI is InChI=1S/C15H10ClN3O3/c16-10-5-9(6-13-14(10)22-8-21-13)15(20)18-19-7-17-11-3-1-2-4-12(11)19/h1-7H,8H2,(H,18,20). The van der Waals surface area contributed by atoms with Gasteiger partial charge in [0.05, 0.1) is 16.1 Å².